The summed E-state index contributed by atoms with van der Waals surface area (Å²) in [5, 5.41) is 9.66. The Morgan fingerprint density at radius 2 is 1.70 bits per heavy atom. The number of allylic oxidation sites excluding steroid dienone is 1. The van der Waals surface area contributed by atoms with Gasteiger partial charge < -0.3 is 19.7 Å². The van der Waals surface area contributed by atoms with Crippen molar-refractivity contribution in [1.82, 2.24) is 19.9 Å². The number of pyridine rings is 1. The Kier molecular flexibility index (Phi) is 9.75. The molecule has 1 saturated heterocycles. The van der Waals surface area contributed by atoms with Gasteiger partial charge in [-0.15, -0.1) is 0 Å². The maximum absolute atomic E-state index is 15.5. The summed E-state index contributed by atoms with van der Waals surface area (Å²) >= 11 is 0. The molecule has 2 aromatic rings. The van der Waals surface area contributed by atoms with E-state index in [4.69, 9.17) is 9.72 Å². The zero-order chi connectivity index (χ0) is 40.9. The number of carbonyl (C=O) groups excluding carboxylic acids is 2. The topological polar surface area (TPSA) is 125 Å². The number of likely N-dealkylation sites (tertiary alicyclic amines) is 1. The molecule has 1 aliphatic heterocycles. The SMILES string of the molecule is C=C(C)[C@@H]1CC[C@]2(C(=O)N3CCC[C@H]3c3ncc(-c4ccccn4)[nH]3)CC[C@]3(C)[C@H](CC[C@@H]4[C@@]5(C)CC[C@H](OC(=O)CC(C)(C)C(=O)O)C(C)(C)[C@@H]5CC[C@]43C)[C@@H]12. The van der Waals surface area contributed by atoms with Crippen LogP contribution >= 0.6 is 0 Å². The van der Waals surface area contributed by atoms with Crippen LogP contribution in [-0.2, 0) is 19.1 Å². The van der Waals surface area contributed by atoms with Crippen LogP contribution in [0.3, 0.4) is 0 Å². The number of carboxylic acid groups (broad SMARTS) is 1. The fourth-order valence-corrected chi connectivity index (χ4v) is 15.1. The summed E-state index contributed by atoms with van der Waals surface area (Å²) in [5.41, 5.74) is 1.55. The summed E-state index contributed by atoms with van der Waals surface area (Å²) in [6.07, 6.45) is 15.6. The van der Waals surface area contributed by atoms with E-state index in [1.807, 2.05) is 24.4 Å². The molecular weight excluding hydrogens is 713 g/mol. The molecule has 1 amide bonds. The molecular formula is C48H68N4O5. The van der Waals surface area contributed by atoms with Crippen molar-refractivity contribution in [3.8, 4) is 11.4 Å². The van der Waals surface area contributed by atoms with E-state index in [2.05, 4.69) is 63.0 Å². The number of carboxylic acids is 1. The Balaban J connectivity index is 1.06. The number of carbonyl (C=O) groups is 3. The van der Waals surface area contributed by atoms with Gasteiger partial charge in [-0.2, -0.15) is 0 Å². The highest BCUT2D eigenvalue weighted by Crippen LogP contribution is 2.78. The number of nitrogens with one attached hydrogen (secondary N) is 1. The lowest BCUT2D eigenvalue weighted by atomic mass is 9.32. The van der Waals surface area contributed by atoms with Crippen molar-refractivity contribution in [1.29, 1.82) is 0 Å². The quantitative estimate of drug-likeness (QED) is 0.202. The van der Waals surface area contributed by atoms with Gasteiger partial charge in [-0.05, 0) is 156 Å². The van der Waals surface area contributed by atoms with Gasteiger partial charge in [0.05, 0.1) is 40.9 Å². The van der Waals surface area contributed by atoms with E-state index in [1.165, 1.54) is 5.57 Å². The molecule has 0 spiro atoms. The van der Waals surface area contributed by atoms with E-state index in [0.717, 1.165) is 101 Å². The second-order valence-electron chi connectivity index (χ2n) is 21.6. The first-order valence-electron chi connectivity index (χ1n) is 22.2. The summed E-state index contributed by atoms with van der Waals surface area (Å²) < 4.78 is 6.21. The van der Waals surface area contributed by atoms with Crippen molar-refractivity contribution in [2.75, 3.05) is 6.54 Å². The Hall–Kier alpha value is -3.49. The van der Waals surface area contributed by atoms with Gasteiger partial charge in [0.15, 0.2) is 0 Å². The molecule has 3 heterocycles. The highest BCUT2D eigenvalue weighted by Gasteiger charge is 2.72. The molecule has 0 bridgehead atoms. The number of aromatic amines is 1. The molecule has 6 fully saturated rings. The highest BCUT2D eigenvalue weighted by atomic mass is 16.5. The van der Waals surface area contributed by atoms with Crippen molar-refractivity contribution >= 4 is 17.8 Å². The summed E-state index contributed by atoms with van der Waals surface area (Å²) in [7, 11) is 0. The summed E-state index contributed by atoms with van der Waals surface area (Å²) in [6.45, 7) is 23.2. The second kappa shape index (κ2) is 13.8. The number of aliphatic carboxylic acids is 1. The second-order valence-corrected chi connectivity index (χ2v) is 21.6. The van der Waals surface area contributed by atoms with Crippen LogP contribution in [0.4, 0.5) is 0 Å². The maximum atomic E-state index is 15.5. The summed E-state index contributed by atoms with van der Waals surface area (Å²) in [5.74, 6) is 1.87. The lowest BCUT2D eigenvalue weighted by Crippen LogP contribution is -2.67. The molecule has 0 aromatic carbocycles. The molecule has 6 aliphatic rings. The minimum absolute atomic E-state index is 0.0490. The van der Waals surface area contributed by atoms with Crippen molar-refractivity contribution in [2.45, 2.75) is 151 Å². The molecule has 0 unspecified atom stereocenters. The third kappa shape index (κ3) is 5.99. The van der Waals surface area contributed by atoms with Gasteiger partial charge in [-0.1, -0.05) is 52.8 Å². The first kappa shape index (κ1) is 40.3. The van der Waals surface area contributed by atoms with Crippen LogP contribution in [0.1, 0.15) is 151 Å². The monoisotopic (exact) mass is 781 g/mol. The zero-order valence-electron chi connectivity index (χ0n) is 36.0. The van der Waals surface area contributed by atoms with Crippen LogP contribution in [0, 0.1) is 62.1 Å². The third-order valence-electron chi connectivity index (χ3n) is 18.2. The van der Waals surface area contributed by atoms with Crippen molar-refractivity contribution < 1.29 is 24.2 Å². The van der Waals surface area contributed by atoms with E-state index >= 15 is 4.79 Å². The molecule has 310 valence electrons. The number of H-pyrrole nitrogens is 1. The fourth-order valence-electron chi connectivity index (χ4n) is 15.1. The molecule has 57 heavy (non-hydrogen) atoms. The highest BCUT2D eigenvalue weighted by molar-refractivity contribution is 5.85. The number of esters is 1. The van der Waals surface area contributed by atoms with Gasteiger partial charge in [0.1, 0.15) is 11.9 Å². The third-order valence-corrected chi connectivity index (χ3v) is 18.2. The van der Waals surface area contributed by atoms with E-state index in [-0.39, 0.29) is 51.6 Å². The number of fused-ring (bicyclic) bond motifs is 7. The molecule has 5 aliphatic carbocycles. The van der Waals surface area contributed by atoms with Gasteiger partial charge in [0, 0.05) is 18.2 Å². The summed E-state index contributed by atoms with van der Waals surface area (Å²) in [4.78, 5) is 55.6. The lowest BCUT2D eigenvalue weighted by Gasteiger charge is -2.73. The van der Waals surface area contributed by atoms with Crippen LogP contribution in [0.15, 0.2) is 42.7 Å². The molecule has 5 saturated carbocycles. The predicted molar refractivity (Wildman–Crippen MR) is 220 cm³/mol. The average molecular weight is 781 g/mol. The Morgan fingerprint density at radius 1 is 0.930 bits per heavy atom. The zero-order valence-corrected chi connectivity index (χ0v) is 36.0. The van der Waals surface area contributed by atoms with Crippen LogP contribution < -0.4 is 0 Å². The predicted octanol–water partition coefficient (Wildman–Crippen LogP) is 10.2. The van der Waals surface area contributed by atoms with Crippen molar-refractivity contribution in [3.05, 3.63) is 48.6 Å². The number of hydrogen-bond acceptors (Lipinski definition) is 6. The van der Waals surface area contributed by atoms with Crippen molar-refractivity contribution in [3.63, 3.8) is 0 Å². The fraction of sp³-hybridized carbons (Fsp3) is 0.729. The molecule has 2 N–H and O–H groups in total. The van der Waals surface area contributed by atoms with Crippen molar-refractivity contribution in [2.24, 2.45) is 62.1 Å². The number of rotatable bonds is 8. The van der Waals surface area contributed by atoms with E-state index < -0.39 is 17.4 Å². The van der Waals surface area contributed by atoms with Crippen LogP contribution in [0.5, 0.6) is 0 Å². The molecule has 11 atom stereocenters. The number of amides is 1. The van der Waals surface area contributed by atoms with Crippen LogP contribution in [0.2, 0.25) is 0 Å². The molecule has 9 heteroatoms. The number of nitrogens with zero attached hydrogens (tertiary/aromatic N) is 3. The average Bonchev–Trinajstić information content (AvgIpc) is 3.92. The molecule has 2 aromatic heterocycles. The number of imidazole rings is 1. The lowest BCUT2D eigenvalue weighted by molar-refractivity contribution is -0.250. The van der Waals surface area contributed by atoms with Gasteiger partial charge in [0.2, 0.25) is 5.91 Å². The van der Waals surface area contributed by atoms with Gasteiger partial charge in [-0.25, -0.2) is 4.98 Å². The first-order chi connectivity index (χ1) is 26.8. The molecule has 8 rings (SSSR count). The Bertz CT molecular complexity index is 1920. The number of aromatic nitrogens is 3. The maximum Gasteiger partial charge on any atom is 0.309 e. The van der Waals surface area contributed by atoms with E-state index in [9.17, 15) is 14.7 Å². The van der Waals surface area contributed by atoms with E-state index in [1.54, 1.807) is 20.0 Å². The van der Waals surface area contributed by atoms with E-state index in [0.29, 0.717) is 29.6 Å². The largest absolute Gasteiger partial charge is 0.481 e. The number of ether oxygens (including phenoxy) is 1. The molecule has 0 radical (unpaired) electrons. The normalized spacial score (nSPS) is 39.6. The molecule has 9 nitrogen and oxygen atoms in total. The smallest absolute Gasteiger partial charge is 0.309 e. The van der Waals surface area contributed by atoms with Gasteiger partial charge >= 0.3 is 11.9 Å². The summed E-state index contributed by atoms with van der Waals surface area (Å²) in [6, 6.07) is 5.85. The minimum Gasteiger partial charge on any atom is -0.481 e. The standard InChI is InChI=1S/C48H68N4O5/c1-29(2)30-17-22-48(41(54)52-26-12-14-34(52)40-50-28-33(51-40)32-13-10-11-25-49-32)24-23-46(8)31(39(30)48)15-16-36-45(7)20-19-37(57-38(53)27-43(3,4)42(55)56)44(5,6)35(45)18-21-47(36,46)9/h10-11,13,25,28,30-31,34-37,39H,1,12,14-24,26-27H2,2-9H3,(H,50,51)(H,55,56)/t30-,31+,34-,35-,36+,37-,39+,45-,46+,47+,48-/m0/s1. The van der Waals surface area contributed by atoms with Gasteiger partial charge in [-0.3, -0.25) is 19.4 Å². The van der Waals surface area contributed by atoms with Crippen LogP contribution in [0.25, 0.3) is 11.4 Å². The number of hydrogen-bond donors (Lipinski definition) is 2. The minimum atomic E-state index is -1.16. The Morgan fingerprint density at radius 3 is 2.40 bits per heavy atom. The Labute approximate surface area is 340 Å². The van der Waals surface area contributed by atoms with Crippen LogP contribution in [-0.4, -0.2) is 55.5 Å². The van der Waals surface area contributed by atoms with Gasteiger partial charge in [0.25, 0.3) is 0 Å². The first-order valence-corrected chi connectivity index (χ1v) is 22.2.